The molecule has 47 heavy (non-hydrogen) atoms. The molecule has 0 heterocycles. The second-order valence-corrected chi connectivity index (χ2v) is 15.9. The van der Waals surface area contributed by atoms with Crippen LogP contribution >= 0.6 is 0 Å². The first-order chi connectivity index (χ1) is 23.1. The first kappa shape index (κ1) is 44.2. The van der Waals surface area contributed by atoms with E-state index >= 15 is 0 Å². The Balaban J connectivity index is 2.15. The molecule has 1 nitrogen and oxygen atoms in total. The van der Waals surface area contributed by atoms with Gasteiger partial charge in [0.25, 0.3) is 0 Å². The molecule has 0 aliphatic heterocycles. The van der Waals surface area contributed by atoms with Crippen LogP contribution in [0.25, 0.3) is 0 Å². The number of unbranched alkanes of at least 4 members (excludes halogenated alkanes) is 30. The van der Waals surface area contributed by atoms with Crippen molar-refractivity contribution in [3.8, 4) is 0 Å². The lowest BCUT2D eigenvalue weighted by Gasteiger charge is -2.26. The number of hydrogen-bond donors (Lipinski definition) is 0. The smallest absolute Gasteiger partial charge is 0.159 e. The fourth-order valence-corrected chi connectivity index (χ4v) is 7.91. The molecule has 276 valence electrons. The van der Waals surface area contributed by atoms with Gasteiger partial charge < -0.3 is 0 Å². The predicted octanol–water partition coefficient (Wildman–Crippen LogP) is 16.4. The standard InChI is InChI=1S/C46H86O/c1-5-7-9-11-13-15-17-19-21-23-25-27-29-31-33-35-37-43(45-40-39-44(42(3)4)41-46(45)47)38-36-34-32-30-28-26-24-22-20-18-16-14-12-10-8-6-2/h40,43-44H,3,5-39,41H2,1-2,4H3. The highest BCUT2D eigenvalue weighted by Crippen LogP contribution is 2.34. The number of Topliss-reactive ketones (excluding diaryl/α,β-unsaturated/α-hetero) is 1. The van der Waals surface area contributed by atoms with Crippen molar-refractivity contribution in [2.75, 3.05) is 0 Å². The minimum Gasteiger partial charge on any atom is -0.295 e. The molecule has 0 aromatic rings. The van der Waals surface area contributed by atoms with E-state index in [0.717, 1.165) is 6.42 Å². The van der Waals surface area contributed by atoms with Crippen LogP contribution in [-0.2, 0) is 4.79 Å². The molecule has 1 atom stereocenters. The van der Waals surface area contributed by atoms with Crippen LogP contribution in [-0.4, -0.2) is 5.78 Å². The molecule has 0 aromatic carbocycles. The van der Waals surface area contributed by atoms with Gasteiger partial charge in [0, 0.05) is 6.42 Å². The largest absolute Gasteiger partial charge is 0.295 e. The predicted molar refractivity (Wildman–Crippen MR) is 212 cm³/mol. The maximum atomic E-state index is 13.2. The molecule has 0 radical (unpaired) electrons. The number of carbonyl (C=O) groups excluding carboxylic acids is 1. The molecule has 1 unspecified atom stereocenters. The van der Waals surface area contributed by atoms with Gasteiger partial charge in [0.1, 0.15) is 0 Å². The van der Waals surface area contributed by atoms with Crippen LogP contribution in [0.15, 0.2) is 23.8 Å². The zero-order chi connectivity index (χ0) is 34.0. The molecule has 1 heteroatoms. The van der Waals surface area contributed by atoms with Crippen LogP contribution in [0.2, 0.25) is 0 Å². The number of rotatable bonds is 36. The van der Waals surface area contributed by atoms with Gasteiger partial charge in [0.05, 0.1) is 0 Å². The van der Waals surface area contributed by atoms with E-state index < -0.39 is 0 Å². The van der Waals surface area contributed by atoms with Crippen molar-refractivity contribution in [3.63, 3.8) is 0 Å². The van der Waals surface area contributed by atoms with Gasteiger partial charge in [0.2, 0.25) is 0 Å². The van der Waals surface area contributed by atoms with Gasteiger partial charge in [-0.3, -0.25) is 4.79 Å². The Morgan fingerprint density at radius 1 is 0.532 bits per heavy atom. The van der Waals surface area contributed by atoms with Gasteiger partial charge in [0.15, 0.2) is 5.78 Å². The maximum absolute atomic E-state index is 13.2. The fourth-order valence-electron chi connectivity index (χ4n) is 7.91. The summed E-state index contributed by atoms with van der Waals surface area (Å²) in [5.41, 5.74) is 2.38. The molecule has 0 spiro atoms. The molecule has 0 saturated carbocycles. The zero-order valence-electron chi connectivity index (χ0n) is 32.8. The van der Waals surface area contributed by atoms with Gasteiger partial charge >= 0.3 is 0 Å². The van der Waals surface area contributed by atoms with E-state index in [2.05, 4.69) is 33.4 Å². The van der Waals surface area contributed by atoms with Gasteiger partial charge in [-0.1, -0.05) is 238 Å². The molecule has 0 aromatic heterocycles. The lowest BCUT2D eigenvalue weighted by atomic mass is 9.77. The average molecular weight is 655 g/mol. The Labute approximate surface area is 297 Å². The van der Waals surface area contributed by atoms with E-state index in [1.807, 2.05) is 0 Å². The van der Waals surface area contributed by atoms with Crippen LogP contribution < -0.4 is 0 Å². The molecule has 0 N–H and O–H groups in total. The van der Waals surface area contributed by atoms with Crippen LogP contribution in [0.3, 0.4) is 0 Å². The summed E-state index contributed by atoms with van der Waals surface area (Å²) in [6.45, 7) is 10.9. The summed E-state index contributed by atoms with van der Waals surface area (Å²) in [4.78, 5) is 13.2. The van der Waals surface area contributed by atoms with Crippen molar-refractivity contribution in [1.29, 1.82) is 0 Å². The fraction of sp³-hybridized carbons (Fsp3) is 0.891. The SMILES string of the molecule is C=C(C)C1CC=C(C(CCCCCCCCCCCCCCCCCC)CCCCCCCCCCCCCCCCCC)C(=O)C1. The van der Waals surface area contributed by atoms with Crippen LogP contribution in [0.5, 0.6) is 0 Å². The molecule has 0 saturated heterocycles. The van der Waals surface area contributed by atoms with E-state index in [-0.39, 0.29) is 0 Å². The zero-order valence-corrected chi connectivity index (χ0v) is 32.8. The van der Waals surface area contributed by atoms with Crippen molar-refractivity contribution >= 4 is 5.78 Å². The summed E-state index contributed by atoms with van der Waals surface area (Å²) in [5.74, 6) is 1.31. The summed E-state index contributed by atoms with van der Waals surface area (Å²) in [6.07, 6.45) is 51.9. The summed E-state index contributed by atoms with van der Waals surface area (Å²) in [7, 11) is 0. The van der Waals surface area contributed by atoms with Gasteiger partial charge in [-0.15, -0.1) is 0 Å². The molecule has 0 amide bonds. The van der Waals surface area contributed by atoms with Gasteiger partial charge in [-0.2, -0.15) is 0 Å². The quantitative estimate of drug-likeness (QED) is 0.0485. The Morgan fingerprint density at radius 2 is 0.809 bits per heavy atom. The lowest BCUT2D eigenvalue weighted by Crippen LogP contribution is -2.21. The minimum absolute atomic E-state index is 0.373. The van der Waals surface area contributed by atoms with Crippen molar-refractivity contribution in [2.24, 2.45) is 11.8 Å². The highest BCUT2D eigenvalue weighted by atomic mass is 16.1. The van der Waals surface area contributed by atoms with Gasteiger partial charge in [-0.25, -0.2) is 0 Å². The number of hydrogen-bond acceptors (Lipinski definition) is 1. The summed E-state index contributed by atoms with van der Waals surface area (Å²) in [5, 5.41) is 0. The number of allylic oxidation sites excluding steroid dienone is 3. The molecular weight excluding hydrogens is 569 g/mol. The Morgan fingerprint density at radius 3 is 1.06 bits per heavy atom. The van der Waals surface area contributed by atoms with Crippen molar-refractivity contribution in [3.05, 3.63) is 23.8 Å². The van der Waals surface area contributed by atoms with Crippen molar-refractivity contribution in [1.82, 2.24) is 0 Å². The third kappa shape index (κ3) is 26.7. The summed E-state index contributed by atoms with van der Waals surface area (Å²) < 4.78 is 0. The first-order valence-electron chi connectivity index (χ1n) is 22.0. The topological polar surface area (TPSA) is 17.1 Å². The van der Waals surface area contributed by atoms with Crippen LogP contribution in [0.1, 0.15) is 252 Å². The third-order valence-corrected chi connectivity index (χ3v) is 11.3. The maximum Gasteiger partial charge on any atom is 0.159 e. The highest BCUT2D eigenvalue weighted by Gasteiger charge is 2.27. The second-order valence-electron chi connectivity index (χ2n) is 15.9. The van der Waals surface area contributed by atoms with Crippen molar-refractivity contribution in [2.45, 2.75) is 252 Å². The van der Waals surface area contributed by atoms with Crippen LogP contribution in [0, 0.1) is 11.8 Å². The normalized spacial score (nSPS) is 15.1. The Bertz CT molecular complexity index is 695. The van der Waals surface area contributed by atoms with Crippen molar-refractivity contribution < 1.29 is 4.79 Å². The van der Waals surface area contributed by atoms with E-state index in [0.29, 0.717) is 24.0 Å². The lowest BCUT2D eigenvalue weighted by molar-refractivity contribution is -0.117. The molecular formula is C46H86O. The first-order valence-corrected chi connectivity index (χ1v) is 22.0. The number of carbonyl (C=O) groups is 1. The molecule has 1 aliphatic rings. The Hall–Kier alpha value is -0.850. The summed E-state index contributed by atoms with van der Waals surface area (Å²) in [6, 6.07) is 0. The van der Waals surface area contributed by atoms with E-state index in [4.69, 9.17) is 0 Å². The van der Waals surface area contributed by atoms with Crippen LogP contribution in [0.4, 0.5) is 0 Å². The monoisotopic (exact) mass is 655 g/mol. The molecule has 1 aliphatic carbocycles. The minimum atomic E-state index is 0.373. The average Bonchev–Trinajstić information content (AvgIpc) is 3.07. The summed E-state index contributed by atoms with van der Waals surface area (Å²) >= 11 is 0. The molecule has 0 bridgehead atoms. The third-order valence-electron chi connectivity index (χ3n) is 11.3. The van der Waals surface area contributed by atoms with E-state index in [9.17, 15) is 4.79 Å². The Kier molecular flexibility index (Phi) is 31.6. The molecule has 1 rings (SSSR count). The number of ketones is 1. The second kappa shape index (κ2) is 33.6. The van der Waals surface area contributed by atoms with Gasteiger partial charge in [-0.05, 0) is 43.6 Å². The molecule has 0 fully saturated rings. The highest BCUT2D eigenvalue weighted by molar-refractivity contribution is 5.97. The van der Waals surface area contributed by atoms with E-state index in [1.165, 1.54) is 229 Å². The van der Waals surface area contributed by atoms with E-state index in [1.54, 1.807) is 0 Å².